The predicted molar refractivity (Wildman–Crippen MR) is 93.0 cm³/mol. The molecule has 0 saturated carbocycles. The summed E-state index contributed by atoms with van der Waals surface area (Å²) in [5.74, 6) is -1.07. The quantitative estimate of drug-likeness (QED) is 0.790. The molecule has 1 aromatic carbocycles. The van der Waals surface area contributed by atoms with Gasteiger partial charge in [0.1, 0.15) is 0 Å². The molecule has 1 fully saturated rings. The van der Waals surface area contributed by atoms with E-state index in [2.05, 4.69) is 15.4 Å². The van der Waals surface area contributed by atoms with Crippen molar-refractivity contribution in [1.29, 1.82) is 0 Å². The Hall–Kier alpha value is -2.28. The zero-order chi connectivity index (χ0) is 18.2. The van der Waals surface area contributed by atoms with E-state index in [1.165, 1.54) is 7.11 Å². The Morgan fingerprint density at radius 1 is 1.12 bits per heavy atom. The first-order valence-electron chi connectivity index (χ1n) is 8.13. The molecule has 0 unspecified atom stereocenters. The molecule has 0 bridgehead atoms. The van der Waals surface area contributed by atoms with Crippen LogP contribution in [0.1, 0.15) is 18.4 Å². The van der Waals surface area contributed by atoms with Gasteiger partial charge < -0.3 is 20.3 Å². The van der Waals surface area contributed by atoms with Crippen molar-refractivity contribution in [1.82, 2.24) is 15.5 Å². The molecule has 136 valence electrons. The Balaban J connectivity index is 1.67. The third kappa shape index (κ3) is 5.94. The molecule has 2 rings (SSSR count). The van der Waals surface area contributed by atoms with Gasteiger partial charge in [-0.25, -0.2) is 4.79 Å². The van der Waals surface area contributed by atoms with E-state index in [1.54, 1.807) is 29.2 Å². The molecular weight excluding hydrogens is 346 g/mol. The summed E-state index contributed by atoms with van der Waals surface area (Å²) >= 11 is 5.79. The number of rotatable bonds is 4. The van der Waals surface area contributed by atoms with Crippen LogP contribution in [-0.2, 0) is 20.9 Å². The van der Waals surface area contributed by atoms with Crippen LogP contribution in [0.5, 0.6) is 0 Å². The van der Waals surface area contributed by atoms with Crippen molar-refractivity contribution in [2.75, 3.05) is 26.7 Å². The summed E-state index contributed by atoms with van der Waals surface area (Å²) in [6.07, 6.45) is 1.20. The van der Waals surface area contributed by atoms with Gasteiger partial charge in [0.15, 0.2) is 0 Å². The number of carbonyl (C=O) groups is 3. The van der Waals surface area contributed by atoms with Crippen molar-refractivity contribution in [3.05, 3.63) is 34.9 Å². The maximum Gasteiger partial charge on any atom is 0.409 e. The van der Waals surface area contributed by atoms with Gasteiger partial charge in [0.2, 0.25) is 0 Å². The number of benzene rings is 1. The second-order valence-electron chi connectivity index (χ2n) is 5.92. The fraction of sp³-hybridized carbons (Fsp3) is 0.471. The molecule has 0 radical (unpaired) electrons. The molecule has 0 aliphatic carbocycles. The molecule has 1 saturated heterocycles. The Labute approximate surface area is 151 Å². The maximum atomic E-state index is 11.9. The predicted octanol–water partition coefficient (Wildman–Crippen LogP) is 1.55. The Morgan fingerprint density at radius 3 is 2.32 bits per heavy atom. The van der Waals surface area contributed by atoms with E-state index in [9.17, 15) is 14.4 Å². The molecular formula is C17H22ClN3O4. The Bertz CT molecular complexity index is 613. The summed E-state index contributed by atoms with van der Waals surface area (Å²) in [5.41, 5.74) is 0.862. The number of nitrogens with one attached hydrogen (secondary N) is 2. The normalized spacial score (nSPS) is 14.7. The van der Waals surface area contributed by atoms with Gasteiger partial charge in [-0.05, 0) is 36.5 Å². The zero-order valence-corrected chi connectivity index (χ0v) is 14.8. The highest BCUT2D eigenvalue weighted by atomic mass is 35.5. The molecule has 2 N–H and O–H groups in total. The molecule has 0 spiro atoms. The van der Waals surface area contributed by atoms with Crippen LogP contribution in [-0.4, -0.2) is 49.6 Å². The lowest BCUT2D eigenvalue weighted by atomic mass is 9.97. The fourth-order valence-corrected chi connectivity index (χ4v) is 2.76. The summed E-state index contributed by atoms with van der Waals surface area (Å²) in [5, 5.41) is 5.84. The minimum absolute atomic E-state index is 0.244. The number of likely N-dealkylation sites (tertiary alicyclic amines) is 1. The molecule has 25 heavy (non-hydrogen) atoms. The number of carbonyl (C=O) groups excluding carboxylic acids is 3. The van der Waals surface area contributed by atoms with Gasteiger partial charge in [-0.2, -0.15) is 0 Å². The lowest BCUT2D eigenvalue weighted by Crippen LogP contribution is -2.44. The molecule has 1 aliphatic rings. The van der Waals surface area contributed by atoms with E-state index in [4.69, 9.17) is 11.6 Å². The van der Waals surface area contributed by atoms with Gasteiger partial charge in [0.05, 0.1) is 7.11 Å². The number of piperidine rings is 1. The van der Waals surface area contributed by atoms with Crippen LogP contribution < -0.4 is 10.6 Å². The lowest BCUT2D eigenvalue weighted by molar-refractivity contribution is -0.139. The van der Waals surface area contributed by atoms with Gasteiger partial charge >= 0.3 is 17.9 Å². The first-order chi connectivity index (χ1) is 12.0. The fourth-order valence-electron chi connectivity index (χ4n) is 2.63. The number of amides is 3. The van der Waals surface area contributed by atoms with Gasteiger partial charge in [0.25, 0.3) is 0 Å². The molecule has 1 heterocycles. The zero-order valence-electron chi connectivity index (χ0n) is 14.1. The van der Waals surface area contributed by atoms with E-state index < -0.39 is 11.8 Å². The van der Waals surface area contributed by atoms with E-state index in [-0.39, 0.29) is 18.6 Å². The molecule has 1 aliphatic heterocycles. The lowest BCUT2D eigenvalue weighted by Gasteiger charge is -2.30. The summed E-state index contributed by atoms with van der Waals surface area (Å²) in [6, 6.07) is 7.03. The van der Waals surface area contributed by atoms with Crippen molar-refractivity contribution in [2.24, 2.45) is 5.92 Å². The van der Waals surface area contributed by atoms with Crippen molar-refractivity contribution >= 4 is 29.5 Å². The first kappa shape index (κ1) is 19.1. The van der Waals surface area contributed by atoms with Gasteiger partial charge in [0, 0.05) is 31.2 Å². The third-order valence-electron chi connectivity index (χ3n) is 4.17. The van der Waals surface area contributed by atoms with Gasteiger partial charge in [-0.3, -0.25) is 9.59 Å². The van der Waals surface area contributed by atoms with E-state index in [1.807, 2.05) is 0 Å². The maximum absolute atomic E-state index is 11.9. The van der Waals surface area contributed by atoms with Crippen LogP contribution in [0.2, 0.25) is 5.02 Å². The van der Waals surface area contributed by atoms with Crippen molar-refractivity contribution in [3.63, 3.8) is 0 Å². The number of ether oxygens (including phenoxy) is 1. The van der Waals surface area contributed by atoms with Crippen LogP contribution in [0.4, 0.5) is 4.79 Å². The monoisotopic (exact) mass is 367 g/mol. The van der Waals surface area contributed by atoms with Crippen LogP contribution in [0.15, 0.2) is 24.3 Å². The van der Waals surface area contributed by atoms with Crippen molar-refractivity contribution < 1.29 is 19.1 Å². The van der Waals surface area contributed by atoms with Crippen molar-refractivity contribution in [2.45, 2.75) is 19.4 Å². The van der Waals surface area contributed by atoms with Crippen LogP contribution in [0.3, 0.4) is 0 Å². The molecule has 7 nitrogen and oxygen atoms in total. The van der Waals surface area contributed by atoms with Gasteiger partial charge in [-0.15, -0.1) is 0 Å². The third-order valence-corrected chi connectivity index (χ3v) is 4.42. The highest BCUT2D eigenvalue weighted by Crippen LogP contribution is 2.16. The van der Waals surface area contributed by atoms with Gasteiger partial charge in [-0.1, -0.05) is 23.7 Å². The number of nitrogens with zero attached hydrogens (tertiary/aromatic N) is 1. The Kier molecular flexibility index (Phi) is 7.06. The summed E-state index contributed by atoms with van der Waals surface area (Å²) in [7, 11) is 1.36. The molecule has 1 aromatic rings. The number of hydrogen-bond acceptors (Lipinski definition) is 4. The summed E-state index contributed by atoms with van der Waals surface area (Å²) in [6.45, 7) is 1.87. The summed E-state index contributed by atoms with van der Waals surface area (Å²) in [4.78, 5) is 36.7. The highest BCUT2D eigenvalue weighted by molar-refractivity contribution is 6.35. The Morgan fingerprint density at radius 2 is 1.72 bits per heavy atom. The topological polar surface area (TPSA) is 87.7 Å². The minimum atomic E-state index is -0.665. The van der Waals surface area contributed by atoms with Crippen LogP contribution in [0.25, 0.3) is 0 Å². The molecule has 0 aromatic heterocycles. The largest absolute Gasteiger partial charge is 0.453 e. The standard InChI is InChI=1S/C17H22ClN3O4/c1-25-17(24)21-8-6-13(7-9-21)11-20-16(23)15(22)19-10-12-2-4-14(18)5-3-12/h2-5,13H,6-11H2,1H3,(H,19,22)(H,20,23). The molecule has 3 amide bonds. The van der Waals surface area contributed by atoms with E-state index in [0.717, 1.165) is 18.4 Å². The smallest absolute Gasteiger partial charge is 0.409 e. The van der Waals surface area contributed by atoms with Crippen LogP contribution >= 0.6 is 11.6 Å². The second kappa shape index (κ2) is 9.27. The summed E-state index contributed by atoms with van der Waals surface area (Å²) < 4.78 is 4.68. The second-order valence-corrected chi connectivity index (χ2v) is 6.36. The molecule has 8 heteroatoms. The SMILES string of the molecule is COC(=O)N1CCC(CNC(=O)C(=O)NCc2ccc(Cl)cc2)CC1. The van der Waals surface area contributed by atoms with E-state index in [0.29, 0.717) is 24.7 Å². The van der Waals surface area contributed by atoms with E-state index >= 15 is 0 Å². The number of methoxy groups -OCH3 is 1. The van der Waals surface area contributed by atoms with Crippen LogP contribution in [0, 0.1) is 5.92 Å². The molecule has 0 atom stereocenters. The number of halogens is 1. The highest BCUT2D eigenvalue weighted by Gasteiger charge is 2.24. The first-order valence-corrected chi connectivity index (χ1v) is 8.50. The average Bonchev–Trinajstić information content (AvgIpc) is 2.65. The van der Waals surface area contributed by atoms with Crippen molar-refractivity contribution in [3.8, 4) is 0 Å². The minimum Gasteiger partial charge on any atom is -0.453 e. The average molecular weight is 368 g/mol. The number of hydrogen-bond donors (Lipinski definition) is 2.